The SMILES string of the molecule is CCS(=O)(=O)N1Cc2ccccc2CC1C(=O)N(C)Cc1ccccc1Br. The van der Waals surface area contributed by atoms with Crippen molar-refractivity contribution in [1.82, 2.24) is 9.21 Å². The number of halogens is 1. The Kier molecular flexibility index (Phi) is 6.03. The highest BCUT2D eigenvalue weighted by atomic mass is 79.9. The lowest BCUT2D eigenvalue weighted by Crippen LogP contribution is -2.53. The molecule has 0 bridgehead atoms. The van der Waals surface area contributed by atoms with Gasteiger partial charge >= 0.3 is 0 Å². The minimum atomic E-state index is -3.50. The van der Waals surface area contributed by atoms with Crippen molar-refractivity contribution in [1.29, 1.82) is 0 Å². The number of hydrogen-bond acceptors (Lipinski definition) is 3. The predicted molar refractivity (Wildman–Crippen MR) is 110 cm³/mol. The molecule has 1 heterocycles. The van der Waals surface area contributed by atoms with E-state index in [-0.39, 0.29) is 18.2 Å². The van der Waals surface area contributed by atoms with Crippen molar-refractivity contribution in [2.24, 2.45) is 0 Å². The maximum atomic E-state index is 13.2. The van der Waals surface area contributed by atoms with Gasteiger partial charge in [-0.15, -0.1) is 0 Å². The summed E-state index contributed by atoms with van der Waals surface area (Å²) in [5.74, 6) is -0.204. The quantitative estimate of drug-likeness (QED) is 0.702. The molecule has 5 nitrogen and oxygen atoms in total. The molecule has 0 aliphatic carbocycles. The molecule has 0 saturated heterocycles. The number of rotatable bonds is 5. The van der Waals surface area contributed by atoms with Crippen molar-refractivity contribution in [3.8, 4) is 0 Å². The second-order valence-electron chi connectivity index (χ2n) is 6.72. The summed E-state index contributed by atoms with van der Waals surface area (Å²) in [4.78, 5) is 14.8. The Morgan fingerprint density at radius 1 is 1.15 bits per heavy atom. The van der Waals surface area contributed by atoms with Gasteiger partial charge in [0.1, 0.15) is 6.04 Å². The summed E-state index contributed by atoms with van der Waals surface area (Å²) in [5.41, 5.74) is 2.98. The summed E-state index contributed by atoms with van der Waals surface area (Å²) in [6.45, 7) is 2.27. The molecule has 2 aromatic carbocycles. The molecule has 144 valence electrons. The lowest BCUT2D eigenvalue weighted by atomic mass is 9.95. The number of fused-ring (bicyclic) bond motifs is 1. The molecular formula is C20H23BrN2O3S. The summed E-state index contributed by atoms with van der Waals surface area (Å²) in [7, 11) is -1.77. The van der Waals surface area contributed by atoms with E-state index in [0.29, 0.717) is 13.0 Å². The number of carbonyl (C=O) groups is 1. The van der Waals surface area contributed by atoms with Crippen LogP contribution < -0.4 is 0 Å². The highest BCUT2D eigenvalue weighted by molar-refractivity contribution is 9.10. The molecule has 0 saturated carbocycles. The van der Waals surface area contributed by atoms with Crippen molar-refractivity contribution in [2.75, 3.05) is 12.8 Å². The molecule has 1 unspecified atom stereocenters. The normalized spacial score (nSPS) is 17.4. The van der Waals surface area contributed by atoms with E-state index < -0.39 is 16.1 Å². The van der Waals surface area contributed by atoms with E-state index in [1.54, 1.807) is 18.9 Å². The van der Waals surface area contributed by atoms with Gasteiger partial charge < -0.3 is 4.90 Å². The molecule has 0 spiro atoms. The molecule has 2 aromatic rings. The average Bonchev–Trinajstić information content (AvgIpc) is 2.68. The van der Waals surface area contributed by atoms with Crippen LogP contribution in [-0.2, 0) is 34.3 Å². The first-order chi connectivity index (χ1) is 12.8. The molecule has 1 aliphatic heterocycles. The maximum absolute atomic E-state index is 13.2. The van der Waals surface area contributed by atoms with Gasteiger partial charge in [-0.2, -0.15) is 4.31 Å². The van der Waals surface area contributed by atoms with Crippen LogP contribution in [-0.4, -0.2) is 42.4 Å². The van der Waals surface area contributed by atoms with E-state index in [0.717, 1.165) is 21.2 Å². The highest BCUT2D eigenvalue weighted by Crippen LogP contribution is 2.27. The first-order valence-corrected chi connectivity index (χ1v) is 11.3. The van der Waals surface area contributed by atoms with E-state index in [2.05, 4.69) is 15.9 Å². The van der Waals surface area contributed by atoms with Gasteiger partial charge in [0, 0.05) is 24.6 Å². The fourth-order valence-electron chi connectivity index (χ4n) is 3.38. The Morgan fingerprint density at radius 2 is 1.78 bits per heavy atom. The van der Waals surface area contributed by atoms with Crippen LogP contribution in [0.2, 0.25) is 0 Å². The van der Waals surface area contributed by atoms with E-state index in [1.165, 1.54) is 4.31 Å². The van der Waals surface area contributed by atoms with Crippen molar-refractivity contribution in [3.05, 3.63) is 69.7 Å². The zero-order valence-electron chi connectivity index (χ0n) is 15.4. The van der Waals surface area contributed by atoms with Gasteiger partial charge in [-0.05, 0) is 36.1 Å². The zero-order valence-corrected chi connectivity index (χ0v) is 17.8. The summed E-state index contributed by atoms with van der Waals surface area (Å²) in [6.07, 6.45) is 0.397. The molecule has 1 aliphatic rings. The van der Waals surface area contributed by atoms with Crippen LogP contribution in [0.1, 0.15) is 23.6 Å². The Bertz CT molecular complexity index is 946. The Labute approximate surface area is 169 Å². The number of likely N-dealkylation sites (N-methyl/N-ethyl adjacent to an activating group) is 1. The predicted octanol–water partition coefficient (Wildman–Crippen LogP) is 3.18. The molecule has 0 radical (unpaired) electrons. The van der Waals surface area contributed by atoms with Gasteiger partial charge in [-0.1, -0.05) is 58.4 Å². The van der Waals surface area contributed by atoms with Gasteiger partial charge in [-0.25, -0.2) is 8.42 Å². The summed E-state index contributed by atoms with van der Waals surface area (Å²) in [6, 6.07) is 14.7. The van der Waals surface area contributed by atoms with E-state index in [9.17, 15) is 13.2 Å². The van der Waals surface area contributed by atoms with Gasteiger partial charge in [0.05, 0.1) is 5.75 Å². The summed E-state index contributed by atoms with van der Waals surface area (Å²) >= 11 is 3.50. The third kappa shape index (κ3) is 4.25. The average molecular weight is 451 g/mol. The van der Waals surface area contributed by atoms with E-state index >= 15 is 0 Å². The standard InChI is InChI=1S/C20H23BrN2O3S/c1-3-27(25,26)23-14-16-9-5-4-8-15(16)12-19(23)20(24)22(2)13-17-10-6-7-11-18(17)21/h4-11,19H,3,12-14H2,1-2H3. The molecule has 1 atom stereocenters. The van der Waals surface area contributed by atoms with Crippen molar-refractivity contribution >= 4 is 31.9 Å². The number of carbonyl (C=O) groups excluding carboxylic acids is 1. The van der Waals surface area contributed by atoms with Gasteiger partial charge in [-0.3, -0.25) is 4.79 Å². The van der Waals surface area contributed by atoms with Crippen LogP contribution in [0.25, 0.3) is 0 Å². The lowest BCUT2D eigenvalue weighted by molar-refractivity contribution is -0.135. The van der Waals surface area contributed by atoms with Crippen molar-refractivity contribution in [3.63, 3.8) is 0 Å². The third-order valence-electron chi connectivity index (χ3n) is 4.95. The first-order valence-electron chi connectivity index (χ1n) is 8.88. The smallest absolute Gasteiger partial charge is 0.241 e. The van der Waals surface area contributed by atoms with Crippen LogP contribution >= 0.6 is 15.9 Å². The van der Waals surface area contributed by atoms with E-state index in [4.69, 9.17) is 0 Å². The topological polar surface area (TPSA) is 57.7 Å². The van der Waals surface area contributed by atoms with Crippen LogP contribution in [0.3, 0.4) is 0 Å². The van der Waals surface area contributed by atoms with Gasteiger partial charge in [0.25, 0.3) is 0 Å². The summed E-state index contributed by atoms with van der Waals surface area (Å²) < 4.78 is 27.6. The molecule has 3 rings (SSSR count). The molecule has 1 amide bonds. The third-order valence-corrected chi connectivity index (χ3v) is 7.56. The minimum Gasteiger partial charge on any atom is -0.340 e. The number of benzene rings is 2. The number of nitrogens with zero attached hydrogens (tertiary/aromatic N) is 2. The maximum Gasteiger partial charge on any atom is 0.241 e. The Hall–Kier alpha value is -1.70. The molecule has 27 heavy (non-hydrogen) atoms. The highest BCUT2D eigenvalue weighted by Gasteiger charge is 2.39. The Morgan fingerprint density at radius 3 is 2.44 bits per heavy atom. The molecular weight excluding hydrogens is 428 g/mol. The second-order valence-corrected chi connectivity index (χ2v) is 9.78. The number of sulfonamides is 1. The zero-order chi connectivity index (χ0) is 19.6. The fraction of sp³-hybridized carbons (Fsp3) is 0.350. The van der Waals surface area contributed by atoms with Crippen LogP contribution in [0.15, 0.2) is 53.0 Å². The van der Waals surface area contributed by atoms with Crippen molar-refractivity contribution in [2.45, 2.75) is 32.5 Å². The first kappa shape index (κ1) is 20.0. The van der Waals surface area contributed by atoms with E-state index in [1.807, 2.05) is 48.5 Å². The molecule has 0 aromatic heterocycles. The van der Waals surface area contributed by atoms with Crippen molar-refractivity contribution < 1.29 is 13.2 Å². The lowest BCUT2D eigenvalue weighted by Gasteiger charge is -2.36. The molecule has 0 fully saturated rings. The minimum absolute atomic E-state index is 0.0209. The van der Waals surface area contributed by atoms with Gasteiger partial charge in [0.2, 0.25) is 15.9 Å². The van der Waals surface area contributed by atoms with Gasteiger partial charge in [0.15, 0.2) is 0 Å². The second kappa shape index (κ2) is 8.12. The van der Waals surface area contributed by atoms with Crippen LogP contribution in [0, 0.1) is 0 Å². The monoisotopic (exact) mass is 450 g/mol. The largest absolute Gasteiger partial charge is 0.340 e. The van der Waals surface area contributed by atoms with Crippen LogP contribution in [0.5, 0.6) is 0 Å². The van der Waals surface area contributed by atoms with Crippen LogP contribution in [0.4, 0.5) is 0 Å². The Balaban J connectivity index is 1.89. The molecule has 0 N–H and O–H groups in total. The number of hydrogen-bond donors (Lipinski definition) is 0. The summed E-state index contributed by atoms with van der Waals surface area (Å²) in [5, 5.41) is 0. The fourth-order valence-corrected chi connectivity index (χ4v) is 5.01. The molecule has 7 heteroatoms. The number of amides is 1.